The van der Waals surface area contributed by atoms with Gasteiger partial charge in [0.2, 0.25) is 10.0 Å². The Morgan fingerprint density at radius 2 is 1.83 bits per heavy atom. The largest absolute Gasteiger partial charge is 0.483 e. The summed E-state index contributed by atoms with van der Waals surface area (Å²) < 4.78 is 32.2. The highest BCUT2D eigenvalue weighted by atomic mass is 32.2. The number of fused-ring (bicyclic) bond motifs is 1. The molecule has 1 aliphatic carbocycles. The molecular formula is C21H24N2O5S. The Morgan fingerprint density at radius 3 is 2.55 bits per heavy atom. The minimum absolute atomic E-state index is 0.0844. The zero-order valence-corrected chi connectivity index (χ0v) is 17.3. The standard InChI is InChI=1S/C21H24N2O5S/c1-3-23(4-2)29(26,27)16-8-5-7-15(13-16)22-21(25)14-28-20-10-6-9-17-18(20)11-12-19(17)24/h5-10,13H,3-4,11-12,14H2,1-2H3,(H,22,25). The van der Waals surface area contributed by atoms with Crippen LogP contribution in [0.2, 0.25) is 0 Å². The van der Waals surface area contributed by atoms with E-state index in [0.29, 0.717) is 42.9 Å². The number of anilines is 1. The Hall–Kier alpha value is -2.71. The van der Waals surface area contributed by atoms with Crippen LogP contribution in [0.15, 0.2) is 47.4 Å². The number of hydrogen-bond donors (Lipinski definition) is 1. The van der Waals surface area contributed by atoms with Gasteiger partial charge < -0.3 is 10.1 Å². The Bertz CT molecular complexity index is 1030. The Morgan fingerprint density at radius 1 is 1.10 bits per heavy atom. The minimum atomic E-state index is -3.61. The number of rotatable bonds is 8. The van der Waals surface area contributed by atoms with Gasteiger partial charge >= 0.3 is 0 Å². The number of nitrogens with one attached hydrogen (secondary N) is 1. The summed E-state index contributed by atoms with van der Waals surface area (Å²) in [6.45, 7) is 4.05. The van der Waals surface area contributed by atoms with Crippen LogP contribution in [0.4, 0.5) is 5.69 Å². The van der Waals surface area contributed by atoms with Crippen molar-refractivity contribution >= 4 is 27.4 Å². The third-order valence-corrected chi connectivity index (χ3v) is 6.90. The molecule has 154 valence electrons. The number of ether oxygens (including phenoxy) is 1. The number of nitrogens with zero attached hydrogens (tertiary/aromatic N) is 1. The van der Waals surface area contributed by atoms with Crippen molar-refractivity contribution in [2.75, 3.05) is 25.0 Å². The molecule has 0 saturated carbocycles. The average Bonchev–Trinajstić information content (AvgIpc) is 3.09. The molecule has 0 saturated heterocycles. The third kappa shape index (κ3) is 4.49. The van der Waals surface area contributed by atoms with Gasteiger partial charge in [-0.2, -0.15) is 4.31 Å². The third-order valence-electron chi connectivity index (χ3n) is 4.86. The van der Waals surface area contributed by atoms with Crippen LogP contribution >= 0.6 is 0 Å². The highest BCUT2D eigenvalue weighted by Crippen LogP contribution is 2.30. The van der Waals surface area contributed by atoms with Gasteiger partial charge in [0, 0.05) is 36.3 Å². The monoisotopic (exact) mass is 416 g/mol. The molecule has 1 aliphatic rings. The van der Waals surface area contributed by atoms with Crippen molar-refractivity contribution in [3.63, 3.8) is 0 Å². The molecule has 0 aromatic heterocycles. The molecule has 0 unspecified atom stereocenters. The first-order valence-corrected chi connectivity index (χ1v) is 11.0. The van der Waals surface area contributed by atoms with Crippen molar-refractivity contribution in [1.29, 1.82) is 0 Å². The van der Waals surface area contributed by atoms with Crippen molar-refractivity contribution < 1.29 is 22.7 Å². The summed E-state index contributed by atoms with van der Waals surface area (Å²) in [5.74, 6) is 0.201. The maximum Gasteiger partial charge on any atom is 0.262 e. The minimum Gasteiger partial charge on any atom is -0.483 e. The molecule has 1 N–H and O–H groups in total. The molecule has 0 radical (unpaired) electrons. The summed E-state index contributed by atoms with van der Waals surface area (Å²) in [6.07, 6.45) is 1.06. The van der Waals surface area contributed by atoms with E-state index < -0.39 is 15.9 Å². The molecule has 29 heavy (non-hydrogen) atoms. The summed E-state index contributed by atoms with van der Waals surface area (Å²) in [7, 11) is -3.61. The first-order valence-electron chi connectivity index (χ1n) is 9.54. The van der Waals surface area contributed by atoms with E-state index in [4.69, 9.17) is 4.74 Å². The molecule has 7 nitrogen and oxygen atoms in total. The molecule has 3 rings (SSSR count). The number of Topliss-reactive ketones (excluding diaryl/α,β-unsaturated/α-hetero) is 1. The summed E-state index contributed by atoms with van der Waals surface area (Å²) in [5, 5.41) is 2.66. The van der Waals surface area contributed by atoms with Gasteiger partial charge in [0.05, 0.1) is 4.90 Å². The van der Waals surface area contributed by atoms with E-state index in [1.54, 1.807) is 44.2 Å². The SMILES string of the molecule is CCN(CC)S(=O)(=O)c1cccc(NC(=O)COc2cccc3c2CCC3=O)c1. The predicted molar refractivity (Wildman–Crippen MR) is 110 cm³/mol. The summed E-state index contributed by atoms with van der Waals surface area (Å²) in [4.78, 5) is 24.2. The molecule has 0 heterocycles. The van der Waals surface area contributed by atoms with Crippen LogP contribution in [-0.2, 0) is 21.2 Å². The van der Waals surface area contributed by atoms with Crippen molar-refractivity contribution in [2.45, 2.75) is 31.6 Å². The van der Waals surface area contributed by atoms with Gasteiger partial charge in [0.25, 0.3) is 5.91 Å². The van der Waals surface area contributed by atoms with Gasteiger partial charge in [-0.05, 0) is 30.7 Å². The highest BCUT2D eigenvalue weighted by molar-refractivity contribution is 7.89. The zero-order valence-electron chi connectivity index (χ0n) is 16.5. The van der Waals surface area contributed by atoms with Crippen LogP contribution in [-0.4, -0.2) is 44.1 Å². The van der Waals surface area contributed by atoms with E-state index in [2.05, 4.69) is 5.32 Å². The highest BCUT2D eigenvalue weighted by Gasteiger charge is 2.23. The molecule has 0 fully saturated rings. The second-order valence-corrected chi connectivity index (χ2v) is 8.60. The lowest BCUT2D eigenvalue weighted by molar-refractivity contribution is -0.118. The lowest BCUT2D eigenvalue weighted by atomic mass is 10.1. The Labute approximate surface area is 170 Å². The van der Waals surface area contributed by atoms with E-state index in [9.17, 15) is 18.0 Å². The number of benzene rings is 2. The van der Waals surface area contributed by atoms with E-state index >= 15 is 0 Å². The van der Waals surface area contributed by atoms with Gasteiger partial charge in [-0.25, -0.2) is 8.42 Å². The average molecular weight is 416 g/mol. The van der Waals surface area contributed by atoms with Crippen LogP contribution in [0.25, 0.3) is 0 Å². The summed E-state index contributed by atoms with van der Waals surface area (Å²) in [5.41, 5.74) is 1.86. The first kappa shape index (κ1) is 21.0. The van der Waals surface area contributed by atoms with E-state index in [0.717, 1.165) is 5.56 Å². The van der Waals surface area contributed by atoms with Crippen LogP contribution in [0, 0.1) is 0 Å². The van der Waals surface area contributed by atoms with Crippen molar-refractivity contribution in [3.8, 4) is 5.75 Å². The molecule has 8 heteroatoms. The number of hydrogen-bond acceptors (Lipinski definition) is 5. The van der Waals surface area contributed by atoms with Gasteiger partial charge in [0.15, 0.2) is 12.4 Å². The zero-order chi connectivity index (χ0) is 21.0. The van der Waals surface area contributed by atoms with E-state index in [1.807, 2.05) is 0 Å². The molecule has 2 aromatic carbocycles. The van der Waals surface area contributed by atoms with Gasteiger partial charge in [-0.3, -0.25) is 9.59 Å². The normalized spacial score (nSPS) is 13.4. The molecule has 0 bridgehead atoms. The number of amides is 1. The number of ketones is 1. The maximum absolute atomic E-state index is 12.6. The second-order valence-electron chi connectivity index (χ2n) is 6.66. The molecular weight excluding hydrogens is 392 g/mol. The summed E-state index contributed by atoms with van der Waals surface area (Å²) in [6, 6.07) is 11.4. The fraction of sp³-hybridized carbons (Fsp3) is 0.333. The molecule has 1 amide bonds. The van der Waals surface area contributed by atoms with E-state index in [-0.39, 0.29) is 17.3 Å². The molecule has 0 aliphatic heterocycles. The number of carbonyl (C=O) groups is 2. The number of carbonyl (C=O) groups excluding carboxylic acids is 2. The topological polar surface area (TPSA) is 92.8 Å². The van der Waals surface area contributed by atoms with E-state index in [1.165, 1.54) is 16.4 Å². The lowest BCUT2D eigenvalue weighted by Gasteiger charge is -2.19. The quantitative estimate of drug-likeness (QED) is 0.714. The predicted octanol–water partition coefficient (Wildman–Crippen LogP) is 2.86. The summed E-state index contributed by atoms with van der Waals surface area (Å²) >= 11 is 0. The Kier molecular flexibility index (Phi) is 6.34. The van der Waals surface area contributed by atoms with Crippen LogP contribution in [0.3, 0.4) is 0 Å². The fourth-order valence-electron chi connectivity index (χ4n) is 3.38. The van der Waals surface area contributed by atoms with Crippen LogP contribution in [0.1, 0.15) is 36.2 Å². The lowest BCUT2D eigenvalue weighted by Crippen LogP contribution is -2.30. The van der Waals surface area contributed by atoms with Crippen LogP contribution < -0.4 is 10.1 Å². The van der Waals surface area contributed by atoms with Crippen molar-refractivity contribution in [3.05, 3.63) is 53.6 Å². The second kappa shape index (κ2) is 8.75. The molecule has 2 aromatic rings. The van der Waals surface area contributed by atoms with Crippen molar-refractivity contribution in [1.82, 2.24) is 4.31 Å². The van der Waals surface area contributed by atoms with Crippen molar-refractivity contribution in [2.24, 2.45) is 0 Å². The molecule has 0 spiro atoms. The smallest absolute Gasteiger partial charge is 0.262 e. The fourth-order valence-corrected chi connectivity index (χ4v) is 4.88. The Balaban J connectivity index is 1.67. The van der Waals surface area contributed by atoms with Gasteiger partial charge in [-0.1, -0.05) is 32.0 Å². The maximum atomic E-state index is 12.6. The van der Waals surface area contributed by atoms with Crippen LogP contribution in [0.5, 0.6) is 5.75 Å². The van der Waals surface area contributed by atoms with Gasteiger partial charge in [-0.15, -0.1) is 0 Å². The first-order chi connectivity index (χ1) is 13.9. The molecule has 0 atom stereocenters. The van der Waals surface area contributed by atoms with Gasteiger partial charge in [0.1, 0.15) is 5.75 Å². The number of sulfonamides is 1.